The fourth-order valence-electron chi connectivity index (χ4n) is 2.04. The molecular formula is C18H18N2O2. The van der Waals surface area contributed by atoms with Crippen LogP contribution in [0.3, 0.4) is 0 Å². The Kier molecular flexibility index (Phi) is 5.56. The quantitative estimate of drug-likeness (QED) is 0.823. The van der Waals surface area contributed by atoms with Crippen LogP contribution in [0.5, 0.6) is 5.75 Å². The molecular weight excluding hydrogens is 276 g/mol. The van der Waals surface area contributed by atoms with Gasteiger partial charge in [0.15, 0.2) is 6.61 Å². The largest absolute Gasteiger partial charge is 0.484 e. The van der Waals surface area contributed by atoms with Crippen molar-refractivity contribution in [1.82, 2.24) is 4.90 Å². The number of likely N-dealkylation sites (N-methyl/N-ethyl adjacent to an activating group) is 1. The van der Waals surface area contributed by atoms with Crippen molar-refractivity contribution >= 4 is 5.91 Å². The van der Waals surface area contributed by atoms with Crippen molar-refractivity contribution in [3.8, 4) is 11.8 Å². The highest BCUT2D eigenvalue weighted by Crippen LogP contribution is 2.12. The molecule has 2 aromatic carbocycles. The minimum atomic E-state index is -0.0595. The predicted octanol–water partition coefficient (Wildman–Crippen LogP) is 2.99. The number of carbonyl (C=O) groups is 1. The van der Waals surface area contributed by atoms with Gasteiger partial charge in [-0.3, -0.25) is 4.79 Å². The molecule has 22 heavy (non-hydrogen) atoms. The Labute approximate surface area is 130 Å². The molecule has 0 atom stereocenters. The molecule has 4 heteroatoms. The number of ether oxygens (including phenoxy) is 1. The van der Waals surface area contributed by atoms with Crippen LogP contribution >= 0.6 is 0 Å². The molecule has 0 heterocycles. The van der Waals surface area contributed by atoms with Gasteiger partial charge in [-0.05, 0) is 36.8 Å². The SMILES string of the molecule is CCN(Cc1ccccc1)C(=O)COc1ccc(C#N)cc1. The molecule has 4 nitrogen and oxygen atoms in total. The Bertz CT molecular complexity index is 645. The van der Waals surface area contributed by atoms with E-state index in [1.807, 2.05) is 43.3 Å². The van der Waals surface area contributed by atoms with Gasteiger partial charge in [-0.15, -0.1) is 0 Å². The van der Waals surface area contributed by atoms with Crippen LogP contribution in [0.2, 0.25) is 0 Å². The summed E-state index contributed by atoms with van der Waals surface area (Å²) in [5.74, 6) is 0.527. The normalized spacial score (nSPS) is 9.82. The summed E-state index contributed by atoms with van der Waals surface area (Å²) in [5, 5.41) is 8.74. The first kappa shape index (κ1) is 15.6. The second-order valence-electron chi connectivity index (χ2n) is 4.82. The minimum absolute atomic E-state index is 0.00737. The number of nitriles is 1. The maximum absolute atomic E-state index is 12.2. The molecule has 0 radical (unpaired) electrons. The minimum Gasteiger partial charge on any atom is -0.484 e. The van der Waals surface area contributed by atoms with Crippen molar-refractivity contribution in [3.63, 3.8) is 0 Å². The Morgan fingerprint density at radius 3 is 2.41 bits per heavy atom. The first-order chi connectivity index (χ1) is 10.7. The number of rotatable bonds is 6. The molecule has 0 spiro atoms. The summed E-state index contributed by atoms with van der Waals surface area (Å²) in [5.41, 5.74) is 1.66. The topological polar surface area (TPSA) is 53.3 Å². The van der Waals surface area contributed by atoms with Crippen LogP contribution in [0.15, 0.2) is 54.6 Å². The third kappa shape index (κ3) is 4.35. The van der Waals surface area contributed by atoms with Gasteiger partial charge in [0.25, 0.3) is 5.91 Å². The van der Waals surface area contributed by atoms with Crippen molar-refractivity contribution < 1.29 is 9.53 Å². The molecule has 0 aromatic heterocycles. The van der Waals surface area contributed by atoms with E-state index in [-0.39, 0.29) is 12.5 Å². The third-order valence-electron chi connectivity index (χ3n) is 3.30. The van der Waals surface area contributed by atoms with Crippen LogP contribution in [0.1, 0.15) is 18.1 Å². The molecule has 1 amide bonds. The number of carbonyl (C=O) groups excluding carboxylic acids is 1. The van der Waals surface area contributed by atoms with Gasteiger partial charge in [0.2, 0.25) is 0 Å². The maximum Gasteiger partial charge on any atom is 0.260 e. The number of nitrogens with zero attached hydrogens (tertiary/aromatic N) is 2. The summed E-state index contributed by atoms with van der Waals surface area (Å²) in [6.45, 7) is 3.15. The summed E-state index contributed by atoms with van der Waals surface area (Å²) in [6.07, 6.45) is 0. The summed E-state index contributed by atoms with van der Waals surface area (Å²) in [4.78, 5) is 14.0. The zero-order valence-corrected chi connectivity index (χ0v) is 12.5. The van der Waals surface area contributed by atoms with Gasteiger partial charge >= 0.3 is 0 Å². The Morgan fingerprint density at radius 1 is 1.14 bits per heavy atom. The Hall–Kier alpha value is -2.80. The van der Waals surface area contributed by atoms with E-state index in [1.54, 1.807) is 29.2 Å². The van der Waals surface area contributed by atoms with Gasteiger partial charge in [-0.2, -0.15) is 5.26 Å². The molecule has 2 aromatic rings. The Balaban J connectivity index is 1.90. The van der Waals surface area contributed by atoms with Crippen molar-refractivity contribution in [3.05, 3.63) is 65.7 Å². The monoisotopic (exact) mass is 294 g/mol. The van der Waals surface area contributed by atoms with E-state index in [0.717, 1.165) is 5.56 Å². The lowest BCUT2D eigenvalue weighted by molar-refractivity contribution is -0.133. The lowest BCUT2D eigenvalue weighted by atomic mass is 10.2. The number of benzene rings is 2. The molecule has 0 aliphatic carbocycles. The molecule has 0 fully saturated rings. The average Bonchev–Trinajstić information content (AvgIpc) is 2.59. The van der Waals surface area contributed by atoms with Crippen molar-refractivity contribution in [2.24, 2.45) is 0 Å². The van der Waals surface area contributed by atoms with E-state index in [1.165, 1.54) is 0 Å². The molecule has 0 N–H and O–H groups in total. The van der Waals surface area contributed by atoms with Crippen LogP contribution in [-0.4, -0.2) is 24.0 Å². The summed E-state index contributed by atoms with van der Waals surface area (Å²) >= 11 is 0. The van der Waals surface area contributed by atoms with Gasteiger partial charge in [0.1, 0.15) is 5.75 Å². The fraction of sp³-hybridized carbons (Fsp3) is 0.222. The first-order valence-corrected chi connectivity index (χ1v) is 7.17. The van der Waals surface area contributed by atoms with Crippen LogP contribution in [-0.2, 0) is 11.3 Å². The van der Waals surface area contributed by atoms with Crippen LogP contribution in [0, 0.1) is 11.3 Å². The summed E-state index contributed by atoms with van der Waals surface area (Å²) in [7, 11) is 0. The first-order valence-electron chi connectivity index (χ1n) is 7.17. The van der Waals surface area contributed by atoms with Gasteiger partial charge in [0, 0.05) is 13.1 Å². The van der Waals surface area contributed by atoms with Crippen LogP contribution in [0.25, 0.3) is 0 Å². The van der Waals surface area contributed by atoms with Gasteiger partial charge < -0.3 is 9.64 Å². The molecule has 0 saturated heterocycles. The Morgan fingerprint density at radius 2 is 1.82 bits per heavy atom. The van der Waals surface area contributed by atoms with E-state index in [4.69, 9.17) is 10.00 Å². The second kappa shape index (κ2) is 7.84. The lowest BCUT2D eigenvalue weighted by Crippen LogP contribution is -2.34. The van der Waals surface area contributed by atoms with Crippen LogP contribution in [0.4, 0.5) is 0 Å². The number of hydrogen-bond acceptors (Lipinski definition) is 3. The zero-order valence-electron chi connectivity index (χ0n) is 12.5. The predicted molar refractivity (Wildman–Crippen MR) is 84.2 cm³/mol. The lowest BCUT2D eigenvalue weighted by Gasteiger charge is -2.21. The van der Waals surface area contributed by atoms with Gasteiger partial charge in [-0.25, -0.2) is 0 Å². The van der Waals surface area contributed by atoms with E-state index in [2.05, 4.69) is 0 Å². The van der Waals surface area contributed by atoms with Crippen molar-refractivity contribution in [1.29, 1.82) is 5.26 Å². The molecule has 0 saturated carbocycles. The molecule has 0 aliphatic rings. The fourth-order valence-corrected chi connectivity index (χ4v) is 2.04. The highest BCUT2D eigenvalue weighted by atomic mass is 16.5. The molecule has 0 bridgehead atoms. The van der Waals surface area contributed by atoms with E-state index >= 15 is 0 Å². The van der Waals surface area contributed by atoms with Gasteiger partial charge in [-0.1, -0.05) is 30.3 Å². The molecule has 2 rings (SSSR count). The molecule has 0 aliphatic heterocycles. The standard InChI is InChI=1S/C18H18N2O2/c1-2-20(13-16-6-4-3-5-7-16)18(21)14-22-17-10-8-15(12-19)9-11-17/h3-11H,2,13-14H2,1H3. The van der Waals surface area contributed by atoms with Crippen LogP contribution < -0.4 is 4.74 Å². The average molecular weight is 294 g/mol. The molecule has 112 valence electrons. The summed E-state index contributed by atoms with van der Waals surface area (Å²) < 4.78 is 5.49. The van der Waals surface area contributed by atoms with E-state index in [9.17, 15) is 4.79 Å². The van der Waals surface area contributed by atoms with Crippen molar-refractivity contribution in [2.75, 3.05) is 13.2 Å². The van der Waals surface area contributed by atoms with Crippen molar-refractivity contribution in [2.45, 2.75) is 13.5 Å². The second-order valence-corrected chi connectivity index (χ2v) is 4.82. The maximum atomic E-state index is 12.2. The van der Waals surface area contributed by atoms with E-state index in [0.29, 0.717) is 24.4 Å². The third-order valence-corrected chi connectivity index (χ3v) is 3.30. The zero-order chi connectivity index (χ0) is 15.8. The highest BCUT2D eigenvalue weighted by molar-refractivity contribution is 5.77. The number of amides is 1. The molecule has 0 unspecified atom stereocenters. The summed E-state index contributed by atoms with van der Waals surface area (Å²) in [6, 6.07) is 18.6. The van der Waals surface area contributed by atoms with Gasteiger partial charge in [0.05, 0.1) is 11.6 Å². The smallest absolute Gasteiger partial charge is 0.260 e. The van der Waals surface area contributed by atoms with E-state index < -0.39 is 0 Å². The number of hydrogen-bond donors (Lipinski definition) is 0. The highest BCUT2D eigenvalue weighted by Gasteiger charge is 2.12.